The number of hydrogen-bond donors (Lipinski definition) is 1. The molecule has 0 saturated heterocycles. The van der Waals surface area contributed by atoms with E-state index >= 15 is 0 Å². The molecule has 1 aliphatic heterocycles. The van der Waals surface area contributed by atoms with Crippen molar-refractivity contribution in [3.63, 3.8) is 0 Å². The molecule has 1 N–H and O–H groups in total. The summed E-state index contributed by atoms with van der Waals surface area (Å²) in [5.74, 6) is 0. The van der Waals surface area contributed by atoms with Crippen LogP contribution in [-0.4, -0.2) is 12.3 Å². The summed E-state index contributed by atoms with van der Waals surface area (Å²) in [4.78, 5) is 0. The summed E-state index contributed by atoms with van der Waals surface area (Å²) >= 11 is 0. The molecule has 1 aromatic rings. The molecule has 0 aromatic heterocycles. The summed E-state index contributed by atoms with van der Waals surface area (Å²) in [6.45, 7) is 3.17. The summed E-state index contributed by atoms with van der Waals surface area (Å²) in [6.07, 6.45) is 0. The monoisotopic (exact) mass is 161 g/mol. The number of fused-ring (bicyclic) bond motifs is 1. The second-order valence-corrected chi connectivity index (χ2v) is 3.07. The van der Waals surface area contributed by atoms with Gasteiger partial charge in [-0.15, -0.1) is 0 Å². The van der Waals surface area contributed by atoms with E-state index in [0.29, 0.717) is 18.9 Å². The van der Waals surface area contributed by atoms with Crippen molar-refractivity contribution in [3.05, 3.63) is 34.9 Å². The van der Waals surface area contributed by atoms with Crippen molar-refractivity contribution in [2.75, 3.05) is 6.61 Å². The van der Waals surface area contributed by atoms with E-state index < -0.39 is 0 Å². The molecule has 0 radical (unpaired) electrons. The van der Waals surface area contributed by atoms with Crippen LogP contribution < -0.4 is 0 Å². The standard InChI is InChI=1S/C10H11NO/c1-7-3-2-4-8-9(7)5-12-6-10(8)11/h2-4,11H,5-6H2,1H3. The van der Waals surface area contributed by atoms with Gasteiger partial charge in [0.1, 0.15) is 0 Å². The molecule has 62 valence electrons. The maximum Gasteiger partial charge on any atom is 0.0891 e. The Morgan fingerprint density at radius 1 is 1.33 bits per heavy atom. The topological polar surface area (TPSA) is 33.1 Å². The molecule has 1 aromatic carbocycles. The average molecular weight is 161 g/mol. The Kier molecular flexibility index (Phi) is 1.70. The lowest BCUT2D eigenvalue weighted by Gasteiger charge is -2.18. The molecule has 2 nitrogen and oxygen atoms in total. The molecule has 1 heterocycles. The average Bonchev–Trinajstić information content (AvgIpc) is 2.07. The molecule has 0 saturated carbocycles. The van der Waals surface area contributed by atoms with E-state index in [1.165, 1.54) is 11.1 Å². The Hall–Kier alpha value is -1.15. The van der Waals surface area contributed by atoms with Crippen molar-refractivity contribution in [3.8, 4) is 0 Å². The van der Waals surface area contributed by atoms with Gasteiger partial charge in [0.05, 0.1) is 18.9 Å². The SMILES string of the molecule is Cc1cccc2c1COCC2=N. The number of ether oxygens (including phenoxy) is 1. The number of aryl methyl sites for hydroxylation is 1. The van der Waals surface area contributed by atoms with E-state index in [1.54, 1.807) is 0 Å². The van der Waals surface area contributed by atoms with Crippen LogP contribution in [0, 0.1) is 12.3 Å². The molecule has 0 unspecified atom stereocenters. The van der Waals surface area contributed by atoms with Crippen molar-refractivity contribution in [1.82, 2.24) is 0 Å². The van der Waals surface area contributed by atoms with Crippen LogP contribution >= 0.6 is 0 Å². The molecule has 0 atom stereocenters. The van der Waals surface area contributed by atoms with Gasteiger partial charge in [-0.3, -0.25) is 0 Å². The molecule has 12 heavy (non-hydrogen) atoms. The molecule has 0 aliphatic carbocycles. The number of benzene rings is 1. The lowest BCUT2D eigenvalue weighted by molar-refractivity contribution is 0.151. The molecular weight excluding hydrogens is 150 g/mol. The van der Waals surface area contributed by atoms with E-state index in [1.807, 2.05) is 12.1 Å². The summed E-state index contributed by atoms with van der Waals surface area (Å²) in [5, 5.41) is 7.64. The highest BCUT2D eigenvalue weighted by Gasteiger charge is 2.14. The third kappa shape index (κ3) is 1.04. The first kappa shape index (κ1) is 7.50. The van der Waals surface area contributed by atoms with E-state index in [9.17, 15) is 0 Å². The maximum absolute atomic E-state index is 7.64. The van der Waals surface area contributed by atoms with Gasteiger partial charge in [0.25, 0.3) is 0 Å². The van der Waals surface area contributed by atoms with E-state index in [0.717, 1.165) is 5.56 Å². The Bertz CT molecular complexity index is 331. The maximum atomic E-state index is 7.64. The third-order valence-electron chi connectivity index (χ3n) is 2.23. The number of nitrogens with one attached hydrogen (secondary N) is 1. The minimum Gasteiger partial charge on any atom is -0.370 e. The van der Waals surface area contributed by atoms with Crippen molar-refractivity contribution in [2.45, 2.75) is 13.5 Å². The Balaban J connectivity index is 2.59. The fraction of sp³-hybridized carbons (Fsp3) is 0.300. The van der Waals surface area contributed by atoms with Crippen LogP contribution in [0.2, 0.25) is 0 Å². The van der Waals surface area contributed by atoms with Gasteiger partial charge in [-0.1, -0.05) is 18.2 Å². The van der Waals surface area contributed by atoms with Gasteiger partial charge in [-0.2, -0.15) is 0 Å². The second-order valence-electron chi connectivity index (χ2n) is 3.07. The summed E-state index contributed by atoms with van der Waals surface area (Å²) in [7, 11) is 0. The highest BCUT2D eigenvalue weighted by molar-refractivity contribution is 6.01. The summed E-state index contributed by atoms with van der Waals surface area (Å²) in [6, 6.07) is 6.04. The minimum atomic E-state index is 0.455. The number of hydrogen-bond acceptors (Lipinski definition) is 2. The first-order chi connectivity index (χ1) is 5.79. The van der Waals surface area contributed by atoms with Crippen LogP contribution in [0.25, 0.3) is 0 Å². The normalized spacial score (nSPS) is 15.9. The van der Waals surface area contributed by atoms with E-state index in [-0.39, 0.29) is 0 Å². The van der Waals surface area contributed by atoms with Crippen molar-refractivity contribution in [2.24, 2.45) is 0 Å². The van der Waals surface area contributed by atoms with Gasteiger partial charge in [-0.25, -0.2) is 0 Å². The van der Waals surface area contributed by atoms with E-state index in [4.69, 9.17) is 10.1 Å². The van der Waals surface area contributed by atoms with Crippen molar-refractivity contribution in [1.29, 1.82) is 5.41 Å². The van der Waals surface area contributed by atoms with Crippen LogP contribution in [-0.2, 0) is 11.3 Å². The lowest BCUT2D eigenvalue weighted by atomic mass is 9.97. The van der Waals surface area contributed by atoms with Gasteiger partial charge >= 0.3 is 0 Å². The van der Waals surface area contributed by atoms with Gasteiger partial charge in [-0.05, 0) is 18.1 Å². The zero-order valence-corrected chi connectivity index (χ0v) is 7.05. The summed E-state index contributed by atoms with van der Waals surface area (Å²) in [5.41, 5.74) is 4.05. The predicted molar refractivity (Wildman–Crippen MR) is 47.7 cm³/mol. The quantitative estimate of drug-likeness (QED) is 0.619. The van der Waals surface area contributed by atoms with Gasteiger partial charge in [0.2, 0.25) is 0 Å². The van der Waals surface area contributed by atoms with Gasteiger partial charge in [0, 0.05) is 5.56 Å². The van der Waals surface area contributed by atoms with Crippen LogP contribution in [0.15, 0.2) is 18.2 Å². The largest absolute Gasteiger partial charge is 0.370 e. The molecule has 0 bridgehead atoms. The fourth-order valence-corrected chi connectivity index (χ4v) is 1.51. The molecule has 2 heteroatoms. The zero-order chi connectivity index (χ0) is 8.55. The molecule has 0 amide bonds. The van der Waals surface area contributed by atoms with Crippen LogP contribution in [0.4, 0.5) is 0 Å². The minimum absolute atomic E-state index is 0.455. The fourth-order valence-electron chi connectivity index (χ4n) is 1.51. The molecular formula is C10H11NO. The first-order valence-corrected chi connectivity index (χ1v) is 4.03. The van der Waals surface area contributed by atoms with Crippen molar-refractivity contribution >= 4 is 5.71 Å². The first-order valence-electron chi connectivity index (χ1n) is 4.03. The van der Waals surface area contributed by atoms with Crippen LogP contribution in [0.1, 0.15) is 16.7 Å². The molecule has 0 spiro atoms. The van der Waals surface area contributed by atoms with Gasteiger partial charge in [0.15, 0.2) is 0 Å². The molecule has 2 rings (SSSR count). The number of rotatable bonds is 0. The van der Waals surface area contributed by atoms with Gasteiger partial charge < -0.3 is 10.1 Å². The highest BCUT2D eigenvalue weighted by atomic mass is 16.5. The molecule has 0 fully saturated rings. The second kappa shape index (κ2) is 2.72. The smallest absolute Gasteiger partial charge is 0.0891 e. The molecule has 1 aliphatic rings. The lowest BCUT2D eigenvalue weighted by Crippen LogP contribution is -2.18. The van der Waals surface area contributed by atoms with Crippen molar-refractivity contribution < 1.29 is 4.74 Å². The summed E-state index contributed by atoms with van der Waals surface area (Å²) < 4.78 is 5.26. The highest BCUT2D eigenvalue weighted by Crippen LogP contribution is 2.19. The van der Waals surface area contributed by atoms with Crippen LogP contribution in [0.3, 0.4) is 0 Å². The van der Waals surface area contributed by atoms with Crippen LogP contribution in [0.5, 0.6) is 0 Å². The Morgan fingerprint density at radius 3 is 2.92 bits per heavy atom. The van der Waals surface area contributed by atoms with E-state index in [2.05, 4.69) is 13.0 Å². The Morgan fingerprint density at radius 2 is 2.17 bits per heavy atom. The zero-order valence-electron chi connectivity index (χ0n) is 7.05. The third-order valence-corrected chi connectivity index (χ3v) is 2.23. The Labute approximate surface area is 71.7 Å². The predicted octanol–water partition coefficient (Wildman–Crippen LogP) is 1.89.